The van der Waals surface area contributed by atoms with E-state index in [2.05, 4.69) is 35.0 Å². The third-order valence-corrected chi connectivity index (χ3v) is 4.94. The molecule has 1 fully saturated rings. The molecule has 2 N–H and O–H groups in total. The summed E-state index contributed by atoms with van der Waals surface area (Å²) in [4.78, 5) is 12.8. The first-order valence-electron chi connectivity index (χ1n) is 9.03. The molecule has 0 unspecified atom stereocenters. The Bertz CT molecular complexity index is 938. The number of nitrogens with one attached hydrogen (secondary N) is 2. The fourth-order valence-electron chi connectivity index (χ4n) is 3.51. The van der Waals surface area contributed by atoms with Crippen LogP contribution in [0.2, 0.25) is 0 Å². The predicted octanol–water partition coefficient (Wildman–Crippen LogP) is 1.84. The van der Waals surface area contributed by atoms with Crippen molar-refractivity contribution in [3.05, 3.63) is 82.0 Å². The van der Waals surface area contributed by atoms with E-state index in [1.54, 1.807) is 10.9 Å². The van der Waals surface area contributed by atoms with Crippen LogP contribution in [0.4, 0.5) is 0 Å². The molecule has 6 heteroatoms. The van der Waals surface area contributed by atoms with Gasteiger partial charge in [-0.2, -0.15) is 9.78 Å². The molecule has 1 saturated heterocycles. The Hall–Kier alpha value is -2.70. The van der Waals surface area contributed by atoms with E-state index in [0.29, 0.717) is 12.5 Å². The van der Waals surface area contributed by atoms with Crippen molar-refractivity contribution in [2.75, 3.05) is 13.1 Å². The molecule has 0 saturated carbocycles. The number of aryl methyl sites for hydroxylation is 1. The van der Waals surface area contributed by atoms with E-state index in [-0.39, 0.29) is 5.69 Å². The topological polar surface area (TPSA) is 63.9 Å². The molecule has 1 aliphatic heterocycles. The second-order valence-corrected chi connectivity index (χ2v) is 6.63. The van der Waals surface area contributed by atoms with Gasteiger partial charge in [-0.25, -0.2) is 4.79 Å². The summed E-state index contributed by atoms with van der Waals surface area (Å²) in [5.41, 5.74) is 10.8. The maximum absolute atomic E-state index is 12.8. The first kappa shape index (κ1) is 16.8. The van der Waals surface area contributed by atoms with Crippen molar-refractivity contribution in [1.82, 2.24) is 25.2 Å². The SMILES string of the molecule is CCc1cc(-n2ncn(Cc3ccccc3)c2=O)ccc1C1CNNC1. The van der Waals surface area contributed by atoms with Gasteiger partial charge in [0.1, 0.15) is 6.33 Å². The largest absolute Gasteiger partial charge is 0.350 e. The number of hydrogen-bond donors (Lipinski definition) is 2. The highest BCUT2D eigenvalue weighted by molar-refractivity contribution is 5.42. The van der Waals surface area contributed by atoms with Gasteiger partial charge in [0.25, 0.3) is 0 Å². The van der Waals surface area contributed by atoms with Crippen LogP contribution in [0.15, 0.2) is 59.7 Å². The minimum atomic E-state index is -0.118. The molecule has 1 aromatic heterocycles. The van der Waals surface area contributed by atoms with E-state index in [1.165, 1.54) is 15.8 Å². The van der Waals surface area contributed by atoms with Crippen molar-refractivity contribution in [1.29, 1.82) is 0 Å². The van der Waals surface area contributed by atoms with Crippen LogP contribution in [-0.4, -0.2) is 27.4 Å². The van der Waals surface area contributed by atoms with Gasteiger partial charge >= 0.3 is 5.69 Å². The number of aromatic nitrogens is 3. The maximum atomic E-state index is 12.8. The van der Waals surface area contributed by atoms with E-state index >= 15 is 0 Å². The summed E-state index contributed by atoms with van der Waals surface area (Å²) in [6.07, 6.45) is 2.54. The Labute approximate surface area is 152 Å². The van der Waals surface area contributed by atoms with Gasteiger partial charge in [0.2, 0.25) is 0 Å². The van der Waals surface area contributed by atoms with Crippen molar-refractivity contribution >= 4 is 0 Å². The number of nitrogens with zero attached hydrogens (tertiary/aromatic N) is 3. The van der Waals surface area contributed by atoms with Crippen molar-refractivity contribution in [3.63, 3.8) is 0 Å². The number of rotatable bonds is 5. The summed E-state index contributed by atoms with van der Waals surface area (Å²) in [6, 6.07) is 16.2. The molecular formula is C20H23N5O. The lowest BCUT2D eigenvalue weighted by molar-refractivity contribution is 0.689. The van der Waals surface area contributed by atoms with Crippen molar-refractivity contribution in [3.8, 4) is 5.69 Å². The fraction of sp³-hybridized carbons (Fsp3) is 0.300. The van der Waals surface area contributed by atoms with Crippen LogP contribution in [0, 0.1) is 0 Å². The van der Waals surface area contributed by atoms with E-state index < -0.39 is 0 Å². The van der Waals surface area contributed by atoms with E-state index in [1.807, 2.05) is 36.4 Å². The molecule has 0 radical (unpaired) electrons. The van der Waals surface area contributed by atoms with Gasteiger partial charge in [0.05, 0.1) is 12.2 Å². The first-order chi connectivity index (χ1) is 12.8. The van der Waals surface area contributed by atoms with Gasteiger partial charge in [0.15, 0.2) is 0 Å². The summed E-state index contributed by atoms with van der Waals surface area (Å²) in [6.45, 7) is 4.53. The van der Waals surface area contributed by atoms with Crippen molar-refractivity contribution in [2.24, 2.45) is 0 Å². The molecule has 0 atom stereocenters. The van der Waals surface area contributed by atoms with Crippen LogP contribution in [-0.2, 0) is 13.0 Å². The summed E-state index contributed by atoms with van der Waals surface area (Å²) < 4.78 is 3.12. The lowest BCUT2D eigenvalue weighted by Gasteiger charge is -2.14. The highest BCUT2D eigenvalue weighted by atomic mass is 16.2. The Morgan fingerprint density at radius 2 is 1.88 bits per heavy atom. The van der Waals surface area contributed by atoms with E-state index in [4.69, 9.17) is 0 Å². The van der Waals surface area contributed by atoms with Crippen LogP contribution in [0.1, 0.15) is 29.5 Å². The summed E-state index contributed by atoms with van der Waals surface area (Å²) in [7, 11) is 0. The Morgan fingerprint density at radius 1 is 1.12 bits per heavy atom. The molecule has 0 bridgehead atoms. The molecule has 134 valence electrons. The first-order valence-corrected chi connectivity index (χ1v) is 9.03. The summed E-state index contributed by atoms with van der Waals surface area (Å²) in [5.74, 6) is 0.464. The van der Waals surface area contributed by atoms with Crippen LogP contribution < -0.4 is 16.5 Å². The van der Waals surface area contributed by atoms with Crippen LogP contribution in [0.5, 0.6) is 0 Å². The quantitative estimate of drug-likeness (QED) is 0.738. The lowest BCUT2D eigenvalue weighted by Crippen LogP contribution is -2.24. The van der Waals surface area contributed by atoms with Crippen molar-refractivity contribution < 1.29 is 0 Å². The Balaban J connectivity index is 1.64. The predicted molar refractivity (Wildman–Crippen MR) is 101 cm³/mol. The van der Waals surface area contributed by atoms with Crippen LogP contribution >= 0.6 is 0 Å². The molecule has 0 amide bonds. The van der Waals surface area contributed by atoms with Gasteiger partial charge < -0.3 is 0 Å². The zero-order chi connectivity index (χ0) is 17.9. The van der Waals surface area contributed by atoms with Gasteiger partial charge in [-0.15, -0.1) is 0 Å². The van der Waals surface area contributed by atoms with Gasteiger partial charge in [-0.1, -0.05) is 43.3 Å². The average molecular weight is 349 g/mol. The zero-order valence-corrected chi connectivity index (χ0v) is 14.9. The lowest BCUT2D eigenvalue weighted by atomic mass is 9.93. The van der Waals surface area contributed by atoms with Gasteiger partial charge in [-0.3, -0.25) is 15.4 Å². The van der Waals surface area contributed by atoms with Crippen LogP contribution in [0.25, 0.3) is 5.69 Å². The highest BCUT2D eigenvalue weighted by Gasteiger charge is 2.19. The van der Waals surface area contributed by atoms with E-state index in [0.717, 1.165) is 30.8 Å². The Morgan fingerprint density at radius 3 is 2.62 bits per heavy atom. The van der Waals surface area contributed by atoms with Gasteiger partial charge in [0, 0.05) is 19.0 Å². The van der Waals surface area contributed by atoms with Crippen LogP contribution in [0.3, 0.4) is 0 Å². The second kappa shape index (κ2) is 7.27. The van der Waals surface area contributed by atoms with Crippen molar-refractivity contribution in [2.45, 2.75) is 25.8 Å². The smallest absolute Gasteiger partial charge is 0.277 e. The third-order valence-electron chi connectivity index (χ3n) is 4.94. The molecule has 2 aromatic carbocycles. The average Bonchev–Trinajstić information content (AvgIpc) is 3.33. The molecule has 2 heterocycles. The van der Waals surface area contributed by atoms with Gasteiger partial charge in [-0.05, 0) is 35.2 Å². The zero-order valence-electron chi connectivity index (χ0n) is 14.9. The summed E-state index contributed by atoms with van der Waals surface area (Å²) in [5, 5.41) is 4.33. The fourth-order valence-corrected chi connectivity index (χ4v) is 3.51. The third kappa shape index (κ3) is 3.21. The monoisotopic (exact) mass is 349 g/mol. The minimum Gasteiger partial charge on any atom is -0.277 e. The van der Waals surface area contributed by atoms with E-state index in [9.17, 15) is 4.79 Å². The number of hydrazine groups is 1. The molecule has 4 rings (SSSR count). The normalized spacial score (nSPS) is 14.8. The minimum absolute atomic E-state index is 0.118. The maximum Gasteiger partial charge on any atom is 0.350 e. The standard InChI is InChI=1S/C20H23N5O/c1-2-16-10-18(8-9-19(16)17-11-21-22-12-17)25-20(26)24(14-23-25)13-15-6-4-3-5-7-15/h3-10,14,17,21-22H,2,11-13H2,1H3. The molecule has 1 aliphatic rings. The molecular weight excluding hydrogens is 326 g/mol. The molecule has 6 nitrogen and oxygen atoms in total. The highest BCUT2D eigenvalue weighted by Crippen LogP contribution is 2.24. The second-order valence-electron chi connectivity index (χ2n) is 6.63. The number of benzene rings is 2. The molecule has 0 aliphatic carbocycles. The molecule has 26 heavy (non-hydrogen) atoms. The summed E-state index contributed by atoms with van der Waals surface area (Å²) >= 11 is 0. The number of hydrogen-bond acceptors (Lipinski definition) is 4. The molecule has 0 spiro atoms. The molecule has 3 aromatic rings. The Kier molecular flexibility index (Phi) is 4.69.